The topological polar surface area (TPSA) is 67.4 Å². The lowest BCUT2D eigenvalue weighted by Gasteiger charge is -2.08. The van der Waals surface area contributed by atoms with E-state index in [4.69, 9.17) is 0 Å². The van der Waals surface area contributed by atoms with Gasteiger partial charge in [0.05, 0.1) is 7.11 Å². The van der Waals surface area contributed by atoms with Crippen LogP contribution in [-0.2, 0) is 9.53 Å². The molecule has 0 unspecified atom stereocenters. The summed E-state index contributed by atoms with van der Waals surface area (Å²) in [6.45, 7) is -0.162. The third kappa shape index (κ3) is 4.35. The van der Waals surface area contributed by atoms with Gasteiger partial charge in [0.1, 0.15) is 6.54 Å². The number of nitrogens with one attached hydrogen (secondary N) is 2. The molecule has 2 rings (SSSR count). The molecule has 0 aromatic heterocycles. The molecule has 2 aromatic rings. The van der Waals surface area contributed by atoms with Crippen molar-refractivity contribution in [3.63, 3.8) is 0 Å². The fourth-order valence-electron chi connectivity index (χ4n) is 1.78. The number of carbonyl (C=O) groups excluding carboxylic acids is 2. The van der Waals surface area contributed by atoms with E-state index in [0.29, 0.717) is 5.69 Å². The van der Waals surface area contributed by atoms with Gasteiger partial charge >= 0.3 is 12.0 Å². The summed E-state index contributed by atoms with van der Waals surface area (Å²) in [5.41, 5.74) is 2.83. The second-order valence-electron chi connectivity index (χ2n) is 4.33. The third-order valence-electron chi connectivity index (χ3n) is 2.87. The largest absolute Gasteiger partial charge is 0.468 e. The number of methoxy groups -OCH3 is 1. The molecular formula is C16H16N2O3. The molecule has 5 nitrogen and oxygen atoms in total. The summed E-state index contributed by atoms with van der Waals surface area (Å²) in [5, 5.41) is 5.05. The Morgan fingerprint density at radius 1 is 0.952 bits per heavy atom. The maximum atomic E-state index is 11.6. The Balaban J connectivity index is 1.94. The van der Waals surface area contributed by atoms with E-state index in [-0.39, 0.29) is 6.54 Å². The molecule has 0 spiro atoms. The lowest BCUT2D eigenvalue weighted by Crippen LogP contribution is -2.33. The number of ether oxygens (including phenoxy) is 1. The van der Waals surface area contributed by atoms with Gasteiger partial charge < -0.3 is 15.4 Å². The minimum absolute atomic E-state index is 0.162. The van der Waals surface area contributed by atoms with Gasteiger partial charge in [-0.3, -0.25) is 4.79 Å². The number of benzene rings is 2. The molecule has 0 aliphatic heterocycles. The Kier molecular flexibility index (Phi) is 4.93. The molecule has 0 saturated carbocycles. The monoisotopic (exact) mass is 284 g/mol. The SMILES string of the molecule is COC(=O)CNC(=O)Nc1ccc(-c2ccccc2)cc1. The molecule has 0 aliphatic carbocycles. The second kappa shape index (κ2) is 7.09. The molecule has 21 heavy (non-hydrogen) atoms. The average molecular weight is 284 g/mol. The zero-order chi connectivity index (χ0) is 15.1. The Hall–Kier alpha value is -2.82. The molecule has 0 saturated heterocycles. The van der Waals surface area contributed by atoms with Crippen molar-refractivity contribution in [2.75, 3.05) is 19.0 Å². The van der Waals surface area contributed by atoms with Crippen molar-refractivity contribution in [3.05, 3.63) is 54.6 Å². The molecule has 0 bridgehead atoms. The highest BCUT2D eigenvalue weighted by Gasteiger charge is 2.05. The summed E-state index contributed by atoms with van der Waals surface area (Å²) >= 11 is 0. The van der Waals surface area contributed by atoms with E-state index in [1.165, 1.54) is 7.11 Å². The van der Waals surface area contributed by atoms with Crippen LogP contribution in [0.15, 0.2) is 54.6 Å². The van der Waals surface area contributed by atoms with E-state index in [2.05, 4.69) is 15.4 Å². The smallest absolute Gasteiger partial charge is 0.325 e. The number of esters is 1. The molecule has 2 aromatic carbocycles. The highest BCUT2D eigenvalue weighted by molar-refractivity contribution is 5.91. The second-order valence-corrected chi connectivity index (χ2v) is 4.33. The number of anilines is 1. The van der Waals surface area contributed by atoms with Crippen LogP contribution < -0.4 is 10.6 Å². The first-order valence-electron chi connectivity index (χ1n) is 6.46. The number of carbonyl (C=O) groups is 2. The fraction of sp³-hybridized carbons (Fsp3) is 0.125. The van der Waals surface area contributed by atoms with E-state index >= 15 is 0 Å². The van der Waals surface area contributed by atoms with Crippen molar-refractivity contribution in [1.29, 1.82) is 0 Å². The maximum Gasteiger partial charge on any atom is 0.325 e. The predicted octanol–water partition coefficient (Wildman–Crippen LogP) is 2.65. The summed E-state index contributed by atoms with van der Waals surface area (Å²) in [5.74, 6) is -0.496. The van der Waals surface area contributed by atoms with Crippen molar-refractivity contribution in [1.82, 2.24) is 5.32 Å². The maximum absolute atomic E-state index is 11.6. The van der Waals surface area contributed by atoms with Gasteiger partial charge in [0.2, 0.25) is 0 Å². The predicted molar refractivity (Wildman–Crippen MR) is 80.9 cm³/mol. The van der Waals surface area contributed by atoms with E-state index in [1.807, 2.05) is 42.5 Å². The van der Waals surface area contributed by atoms with Crippen LogP contribution in [0.1, 0.15) is 0 Å². The van der Waals surface area contributed by atoms with Crippen LogP contribution in [-0.4, -0.2) is 25.7 Å². The zero-order valence-electron chi connectivity index (χ0n) is 11.6. The Morgan fingerprint density at radius 2 is 1.57 bits per heavy atom. The van der Waals surface area contributed by atoms with Gasteiger partial charge in [0, 0.05) is 5.69 Å². The fourth-order valence-corrected chi connectivity index (χ4v) is 1.78. The summed E-state index contributed by atoms with van der Waals surface area (Å²) in [4.78, 5) is 22.5. The van der Waals surface area contributed by atoms with Gasteiger partial charge in [-0.25, -0.2) is 4.79 Å². The van der Waals surface area contributed by atoms with E-state index in [9.17, 15) is 9.59 Å². The molecule has 5 heteroatoms. The summed E-state index contributed by atoms with van der Waals surface area (Å²) in [6, 6.07) is 17.0. The Morgan fingerprint density at radius 3 is 2.19 bits per heavy atom. The molecule has 108 valence electrons. The lowest BCUT2D eigenvalue weighted by molar-refractivity contribution is -0.139. The first-order chi connectivity index (χ1) is 10.2. The van der Waals surface area contributed by atoms with Gasteiger partial charge in [0.15, 0.2) is 0 Å². The van der Waals surface area contributed by atoms with Gasteiger partial charge in [-0.2, -0.15) is 0 Å². The molecular weight excluding hydrogens is 268 g/mol. The molecule has 2 N–H and O–H groups in total. The molecule has 0 heterocycles. The Bertz CT molecular complexity index is 609. The zero-order valence-corrected chi connectivity index (χ0v) is 11.6. The van der Waals surface area contributed by atoms with Crippen molar-refractivity contribution in [2.24, 2.45) is 0 Å². The van der Waals surface area contributed by atoms with Crippen LogP contribution in [0.25, 0.3) is 11.1 Å². The summed E-state index contributed by atoms with van der Waals surface area (Å²) in [7, 11) is 1.27. The van der Waals surface area contributed by atoms with E-state index in [1.54, 1.807) is 12.1 Å². The summed E-state index contributed by atoms with van der Waals surface area (Å²) in [6.07, 6.45) is 0. The van der Waals surface area contributed by atoms with Crippen LogP contribution in [0.5, 0.6) is 0 Å². The van der Waals surface area contributed by atoms with Gasteiger partial charge in [-0.1, -0.05) is 42.5 Å². The number of rotatable bonds is 4. The summed E-state index contributed by atoms with van der Waals surface area (Å²) < 4.78 is 4.43. The van der Waals surface area contributed by atoms with E-state index < -0.39 is 12.0 Å². The highest BCUT2D eigenvalue weighted by Crippen LogP contribution is 2.20. The minimum atomic E-state index is -0.496. The molecule has 0 radical (unpaired) electrons. The standard InChI is InChI=1S/C16H16N2O3/c1-21-15(19)11-17-16(20)18-14-9-7-13(8-10-14)12-5-3-2-4-6-12/h2-10H,11H2,1H3,(H2,17,18,20). The quantitative estimate of drug-likeness (QED) is 0.848. The van der Waals surface area contributed by atoms with Crippen LogP contribution in [0.2, 0.25) is 0 Å². The van der Waals surface area contributed by atoms with E-state index in [0.717, 1.165) is 11.1 Å². The molecule has 0 atom stereocenters. The number of hydrogen-bond donors (Lipinski definition) is 2. The van der Waals surface area contributed by atoms with Crippen LogP contribution in [0.3, 0.4) is 0 Å². The number of hydrogen-bond acceptors (Lipinski definition) is 3. The van der Waals surface area contributed by atoms with Crippen molar-refractivity contribution in [2.45, 2.75) is 0 Å². The first kappa shape index (κ1) is 14.6. The first-order valence-corrected chi connectivity index (χ1v) is 6.46. The van der Waals surface area contributed by atoms with Crippen molar-refractivity contribution in [3.8, 4) is 11.1 Å². The number of amides is 2. The van der Waals surface area contributed by atoms with Gasteiger partial charge in [-0.15, -0.1) is 0 Å². The van der Waals surface area contributed by atoms with Crippen molar-refractivity contribution >= 4 is 17.7 Å². The van der Waals surface area contributed by atoms with Crippen LogP contribution >= 0.6 is 0 Å². The lowest BCUT2D eigenvalue weighted by atomic mass is 10.1. The Labute approximate surface area is 122 Å². The molecule has 0 aliphatic rings. The van der Waals surface area contributed by atoms with Crippen molar-refractivity contribution < 1.29 is 14.3 Å². The van der Waals surface area contributed by atoms with Gasteiger partial charge in [0.25, 0.3) is 0 Å². The molecule has 0 fully saturated rings. The van der Waals surface area contributed by atoms with Crippen LogP contribution in [0, 0.1) is 0 Å². The third-order valence-corrected chi connectivity index (χ3v) is 2.87. The highest BCUT2D eigenvalue weighted by atomic mass is 16.5. The normalized spacial score (nSPS) is 9.76. The minimum Gasteiger partial charge on any atom is -0.468 e. The van der Waals surface area contributed by atoms with Gasteiger partial charge in [-0.05, 0) is 23.3 Å². The number of urea groups is 1. The molecule has 2 amide bonds. The van der Waals surface area contributed by atoms with Crippen LogP contribution in [0.4, 0.5) is 10.5 Å². The average Bonchev–Trinajstić information content (AvgIpc) is 2.54.